The van der Waals surface area contributed by atoms with Crippen LogP contribution in [-0.2, 0) is 6.54 Å². The second-order valence-corrected chi connectivity index (χ2v) is 3.98. The molecule has 0 aromatic carbocycles. The van der Waals surface area contributed by atoms with Gasteiger partial charge in [-0.25, -0.2) is 0 Å². The van der Waals surface area contributed by atoms with Crippen LogP contribution < -0.4 is 5.73 Å². The van der Waals surface area contributed by atoms with E-state index in [1.807, 2.05) is 13.0 Å². The number of hydrogen-bond acceptors (Lipinski definition) is 3. The van der Waals surface area contributed by atoms with Gasteiger partial charge in [-0.1, -0.05) is 13.0 Å². The minimum absolute atomic E-state index is 0.451. The van der Waals surface area contributed by atoms with Crippen molar-refractivity contribution in [3.8, 4) is 0 Å². The fraction of sp³-hybridized carbons (Fsp3) is 0.583. The monoisotopic (exact) mass is 207 g/mol. The third kappa shape index (κ3) is 3.61. The lowest BCUT2D eigenvalue weighted by Gasteiger charge is -2.25. The average molecular weight is 207 g/mol. The molecule has 3 nitrogen and oxygen atoms in total. The Bertz CT molecular complexity index is 295. The Labute approximate surface area is 92.3 Å². The van der Waals surface area contributed by atoms with Crippen molar-refractivity contribution in [2.24, 2.45) is 5.73 Å². The number of hydrogen-bond donors (Lipinski definition) is 1. The number of pyridine rings is 1. The molecule has 84 valence electrons. The SMILES string of the molecule is CCC(CN)N(C)Cc1cccc(C)n1. The first-order valence-corrected chi connectivity index (χ1v) is 5.50. The van der Waals surface area contributed by atoms with E-state index in [0.29, 0.717) is 12.6 Å². The van der Waals surface area contributed by atoms with Gasteiger partial charge >= 0.3 is 0 Å². The highest BCUT2D eigenvalue weighted by Gasteiger charge is 2.11. The van der Waals surface area contributed by atoms with E-state index in [4.69, 9.17) is 5.73 Å². The Morgan fingerprint density at radius 1 is 1.47 bits per heavy atom. The Morgan fingerprint density at radius 2 is 2.20 bits per heavy atom. The standard InChI is InChI=1S/C12H21N3/c1-4-12(8-13)15(3)9-11-7-5-6-10(2)14-11/h5-7,12H,4,8-9,13H2,1-3H3. The van der Waals surface area contributed by atoms with E-state index in [-0.39, 0.29) is 0 Å². The van der Waals surface area contributed by atoms with Crippen LogP contribution in [0.5, 0.6) is 0 Å². The lowest BCUT2D eigenvalue weighted by atomic mass is 10.2. The van der Waals surface area contributed by atoms with Crippen LogP contribution in [0.3, 0.4) is 0 Å². The van der Waals surface area contributed by atoms with E-state index in [1.165, 1.54) is 0 Å². The predicted molar refractivity (Wildman–Crippen MR) is 63.6 cm³/mol. The smallest absolute Gasteiger partial charge is 0.0547 e. The molecular weight excluding hydrogens is 186 g/mol. The van der Waals surface area contributed by atoms with E-state index in [0.717, 1.165) is 24.4 Å². The molecule has 0 saturated heterocycles. The van der Waals surface area contributed by atoms with Crippen LogP contribution in [0.1, 0.15) is 24.7 Å². The van der Waals surface area contributed by atoms with E-state index in [2.05, 4.69) is 36.0 Å². The highest BCUT2D eigenvalue weighted by Crippen LogP contribution is 2.06. The zero-order valence-corrected chi connectivity index (χ0v) is 9.90. The van der Waals surface area contributed by atoms with Crippen LogP contribution in [0.4, 0.5) is 0 Å². The normalized spacial score (nSPS) is 13.1. The molecule has 1 atom stereocenters. The van der Waals surface area contributed by atoms with Crippen molar-refractivity contribution in [3.63, 3.8) is 0 Å². The van der Waals surface area contributed by atoms with Gasteiger partial charge in [0.2, 0.25) is 0 Å². The second kappa shape index (κ2) is 5.83. The van der Waals surface area contributed by atoms with E-state index < -0.39 is 0 Å². The van der Waals surface area contributed by atoms with Gasteiger partial charge in [-0.05, 0) is 32.5 Å². The summed E-state index contributed by atoms with van der Waals surface area (Å²) < 4.78 is 0. The first kappa shape index (κ1) is 12.1. The van der Waals surface area contributed by atoms with Crippen molar-refractivity contribution in [3.05, 3.63) is 29.6 Å². The number of aromatic nitrogens is 1. The molecule has 0 saturated carbocycles. The molecule has 0 bridgehead atoms. The van der Waals surface area contributed by atoms with Crippen LogP contribution in [0.25, 0.3) is 0 Å². The molecule has 1 aromatic heterocycles. The molecule has 0 fully saturated rings. The fourth-order valence-corrected chi connectivity index (χ4v) is 1.73. The molecule has 0 aliphatic carbocycles. The Morgan fingerprint density at radius 3 is 2.73 bits per heavy atom. The summed E-state index contributed by atoms with van der Waals surface area (Å²) in [5.41, 5.74) is 7.89. The largest absolute Gasteiger partial charge is 0.329 e. The van der Waals surface area contributed by atoms with E-state index in [9.17, 15) is 0 Å². The number of aryl methyl sites for hydroxylation is 1. The molecule has 0 aliphatic heterocycles. The minimum atomic E-state index is 0.451. The molecule has 15 heavy (non-hydrogen) atoms. The summed E-state index contributed by atoms with van der Waals surface area (Å²) in [5.74, 6) is 0. The quantitative estimate of drug-likeness (QED) is 0.796. The van der Waals surface area contributed by atoms with Crippen molar-refractivity contribution >= 4 is 0 Å². The zero-order valence-electron chi connectivity index (χ0n) is 9.90. The Kier molecular flexibility index (Phi) is 4.72. The van der Waals surface area contributed by atoms with Gasteiger partial charge in [0.25, 0.3) is 0 Å². The van der Waals surface area contributed by atoms with Gasteiger partial charge in [-0.2, -0.15) is 0 Å². The van der Waals surface area contributed by atoms with Crippen LogP contribution in [0.2, 0.25) is 0 Å². The predicted octanol–water partition coefficient (Wildman–Crippen LogP) is 1.56. The third-order valence-corrected chi connectivity index (χ3v) is 2.72. The number of nitrogens with two attached hydrogens (primary N) is 1. The molecule has 1 heterocycles. The summed E-state index contributed by atoms with van der Waals surface area (Å²) in [7, 11) is 2.10. The summed E-state index contributed by atoms with van der Waals surface area (Å²) >= 11 is 0. The fourth-order valence-electron chi connectivity index (χ4n) is 1.73. The van der Waals surface area contributed by atoms with Crippen molar-refractivity contribution in [1.82, 2.24) is 9.88 Å². The summed E-state index contributed by atoms with van der Waals surface area (Å²) in [4.78, 5) is 6.75. The molecule has 2 N–H and O–H groups in total. The minimum Gasteiger partial charge on any atom is -0.329 e. The van der Waals surface area contributed by atoms with Crippen molar-refractivity contribution in [2.75, 3.05) is 13.6 Å². The number of likely N-dealkylation sites (N-methyl/N-ethyl adjacent to an activating group) is 1. The lowest BCUT2D eigenvalue weighted by Crippen LogP contribution is -2.37. The van der Waals surface area contributed by atoms with Crippen molar-refractivity contribution in [1.29, 1.82) is 0 Å². The summed E-state index contributed by atoms with van der Waals surface area (Å²) in [6.45, 7) is 5.76. The van der Waals surface area contributed by atoms with Gasteiger partial charge in [0.05, 0.1) is 5.69 Å². The molecular formula is C12H21N3. The highest BCUT2D eigenvalue weighted by atomic mass is 15.1. The summed E-state index contributed by atoms with van der Waals surface area (Å²) in [5, 5.41) is 0. The maximum Gasteiger partial charge on any atom is 0.0547 e. The molecule has 0 radical (unpaired) electrons. The average Bonchev–Trinajstić information content (AvgIpc) is 2.19. The molecule has 1 aromatic rings. The van der Waals surface area contributed by atoms with E-state index in [1.54, 1.807) is 0 Å². The van der Waals surface area contributed by atoms with Crippen LogP contribution in [-0.4, -0.2) is 29.5 Å². The van der Waals surface area contributed by atoms with Gasteiger partial charge in [-0.3, -0.25) is 9.88 Å². The summed E-state index contributed by atoms with van der Waals surface area (Å²) in [6, 6.07) is 6.58. The summed E-state index contributed by atoms with van der Waals surface area (Å²) in [6.07, 6.45) is 1.08. The lowest BCUT2D eigenvalue weighted by molar-refractivity contribution is 0.230. The second-order valence-electron chi connectivity index (χ2n) is 3.98. The topological polar surface area (TPSA) is 42.1 Å². The number of rotatable bonds is 5. The first-order valence-electron chi connectivity index (χ1n) is 5.50. The van der Waals surface area contributed by atoms with Crippen LogP contribution >= 0.6 is 0 Å². The Hall–Kier alpha value is -0.930. The van der Waals surface area contributed by atoms with E-state index >= 15 is 0 Å². The molecule has 0 amide bonds. The maximum atomic E-state index is 5.71. The number of nitrogens with zero attached hydrogens (tertiary/aromatic N) is 2. The first-order chi connectivity index (χ1) is 7.17. The van der Waals surface area contributed by atoms with Gasteiger partial charge in [0.1, 0.15) is 0 Å². The van der Waals surface area contributed by atoms with Gasteiger partial charge in [-0.15, -0.1) is 0 Å². The third-order valence-electron chi connectivity index (χ3n) is 2.72. The molecule has 1 rings (SSSR count). The Balaban J connectivity index is 2.61. The molecule has 1 unspecified atom stereocenters. The van der Waals surface area contributed by atoms with Gasteiger partial charge < -0.3 is 5.73 Å². The zero-order chi connectivity index (χ0) is 11.3. The van der Waals surface area contributed by atoms with Crippen molar-refractivity contribution in [2.45, 2.75) is 32.9 Å². The molecule has 3 heteroatoms. The molecule has 0 spiro atoms. The molecule has 0 aliphatic rings. The maximum absolute atomic E-state index is 5.71. The van der Waals surface area contributed by atoms with Crippen LogP contribution in [0.15, 0.2) is 18.2 Å². The van der Waals surface area contributed by atoms with Crippen molar-refractivity contribution < 1.29 is 0 Å². The van der Waals surface area contributed by atoms with Gasteiger partial charge in [0.15, 0.2) is 0 Å². The highest BCUT2D eigenvalue weighted by molar-refractivity contribution is 5.09. The van der Waals surface area contributed by atoms with Crippen LogP contribution in [0, 0.1) is 6.92 Å². The van der Waals surface area contributed by atoms with Gasteiger partial charge in [0, 0.05) is 24.8 Å².